The van der Waals surface area contributed by atoms with Gasteiger partial charge in [-0.25, -0.2) is 4.79 Å². The first-order valence-electron chi connectivity index (χ1n) is 10.6. The molecule has 0 saturated heterocycles. The van der Waals surface area contributed by atoms with E-state index in [4.69, 9.17) is 16.3 Å². The summed E-state index contributed by atoms with van der Waals surface area (Å²) in [6.45, 7) is 0.328. The summed E-state index contributed by atoms with van der Waals surface area (Å²) in [7, 11) is 1.21. The SMILES string of the molecule is COC(=O)/C(=C/c1ccccn1)NC(=O)c1ccc(C(=O)NCc2cccc3[nH]ccc23)cc1Cl. The van der Waals surface area contributed by atoms with E-state index in [-0.39, 0.29) is 22.2 Å². The van der Waals surface area contributed by atoms with Crippen LogP contribution in [0.25, 0.3) is 17.0 Å². The van der Waals surface area contributed by atoms with Gasteiger partial charge in [0.2, 0.25) is 0 Å². The first-order chi connectivity index (χ1) is 17.0. The molecule has 176 valence electrons. The maximum Gasteiger partial charge on any atom is 0.354 e. The Labute approximate surface area is 206 Å². The average Bonchev–Trinajstić information content (AvgIpc) is 3.36. The zero-order chi connectivity index (χ0) is 24.8. The zero-order valence-electron chi connectivity index (χ0n) is 18.7. The number of esters is 1. The maximum absolute atomic E-state index is 12.8. The zero-order valence-corrected chi connectivity index (χ0v) is 19.4. The second-order valence-corrected chi connectivity index (χ2v) is 7.90. The molecular formula is C26H21ClN4O4. The van der Waals surface area contributed by atoms with Crippen molar-refractivity contribution >= 4 is 46.4 Å². The lowest BCUT2D eigenvalue weighted by molar-refractivity contribution is -0.136. The van der Waals surface area contributed by atoms with E-state index in [1.165, 1.54) is 31.4 Å². The Morgan fingerprint density at radius 3 is 2.66 bits per heavy atom. The number of pyridine rings is 1. The summed E-state index contributed by atoms with van der Waals surface area (Å²) in [6, 6.07) is 17.2. The van der Waals surface area contributed by atoms with Gasteiger partial charge in [0.15, 0.2) is 0 Å². The number of hydrogen-bond acceptors (Lipinski definition) is 5. The summed E-state index contributed by atoms with van der Waals surface area (Å²) in [5, 5.41) is 6.45. The number of H-pyrrole nitrogens is 1. The Morgan fingerprint density at radius 1 is 1.06 bits per heavy atom. The molecule has 0 spiro atoms. The van der Waals surface area contributed by atoms with E-state index < -0.39 is 11.9 Å². The van der Waals surface area contributed by atoms with Gasteiger partial charge in [-0.1, -0.05) is 29.8 Å². The molecule has 0 atom stereocenters. The van der Waals surface area contributed by atoms with Crippen LogP contribution in [0, 0.1) is 0 Å². The third-order valence-corrected chi connectivity index (χ3v) is 5.55. The Balaban J connectivity index is 1.47. The van der Waals surface area contributed by atoms with Crippen molar-refractivity contribution in [3.8, 4) is 0 Å². The molecular weight excluding hydrogens is 468 g/mol. The van der Waals surface area contributed by atoms with E-state index in [0.717, 1.165) is 16.5 Å². The molecule has 9 heteroatoms. The highest BCUT2D eigenvalue weighted by atomic mass is 35.5. The van der Waals surface area contributed by atoms with Gasteiger partial charge in [-0.05, 0) is 54.1 Å². The van der Waals surface area contributed by atoms with Crippen molar-refractivity contribution < 1.29 is 19.1 Å². The van der Waals surface area contributed by atoms with Crippen LogP contribution in [0.15, 0.2) is 78.8 Å². The lowest BCUT2D eigenvalue weighted by Gasteiger charge is -2.11. The molecule has 2 heterocycles. The second kappa shape index (κ2) is 10.7. The number of aromatic nitrogens is 2. The molecule has 0 aliphatic carbocycles. The van der Waals surface area contributed by atoms with E-state index in [9.17, 15) is 14.4 Å². The van der Waals surface area contributed by atoms with Crippen molar-refractivity contribution in [2.24, 2.45) is 0 Å². The summed E-state index contributed by atoms with van der Waals surface area (Å²) in [4.78, 5) is 44.9. The largest absolute Gasteiger partial charge is 0.464 e. The number of hydrogen-bond donors (Lipinski definition) is 3. The molecule has 8 nitrogen and oxygen atoms in total. The molecule has 0 fully saturated rings. The molecule has 2 aromatic heterocycles. The van der Waals surface area contributed by atoms with Gasteiger partial charge in [0, 0.05) is 35.4 Å². The Bertz CT molecular complexity index is 1430. The van der Waals surface area contributed by atoms with Gasteiger partial charge in [0.1, 0.15) is 5.70 Å². The molecule has 0 aliphatic heterocycles. The smallest absolute Gasteiger partial charge is 0.354 e. The molecule has 0 unspecified atom stereocenters. The summed E-state index contributed by atoms with van der Waals surface area (Å²) >= 11 is 6.31. The van der Waals surface area contributed by atoms with Crippen LogP contribution < -0.4 is 10.6 Å². The van der Waals surface area contributed by atoms with Crippen LogP contribution in [0.4, 0.5) is 0 Å². The van der Waals surface area contributed by atoms with Gasteiger partial charge in [-0.2, -0.15) is 0 Å². The molecule has 3 N–H and O–H groups in total. The quantitative estimate of drug-likeness (QED) is 0.268. The summed E-state index contributed by atoms with van der Waals surface area (Å²) in [5.74, 6) is -1.71. The van der Waals surface area contributed by atoms with Crippen LogP contribution in [0.3, 0.4) is 0 Å². The second-order valence-electron chi connectivity index (χ2n) is 7.49. The molecule has 4 aromatic rings. The molecule has 2 aromatic carbocycles. The molecule has 0 bridgehead atoms. The predicted molar refractivity (Wildman–Crippen MR) is 133 cm³/mol. The van der Waals surface area contributed by atoms with Gasteiger partial charge >= 0.3 is 5.97 Å². The van der Waals surface area contributed by atoms with Gasteiger partial charge < -0.3 is 20.4 Å². The van der Waals surface area contributed by atoms with E-state index >= 15 is 0 Å². The number of fused-ring (bicyclic) bond motifs is 1. The van der Waals surface area contributed by atoms with Crippen molar-refractivity contribution in [2.75, 3.05) is 7.11 Å². The summed E-state index contributed by atoms with van der Waals surface area (Å²) in [6.07, 6.45) is 4.79. The monoisotopic (exact) mass is 488 g/mol. The number of amides is 2. The van der Waals surface area contributed by atoms with E-state index in [0.29, 0.717) is 17.8 Å². The average molecular weight is 489 g/mol. The number of carbonyl (C=O) groups excluding carboxylic acids is 3. The Kier molecular flexibility index (Phi) is 7.23. The molecule has 2 amide bonds. The van der Waals surface area contributed by atoms with Crippen LogP contribution in [0.2, 0.25) is 5.02 Å². The van der Waals surface area contributed by atoms with Crippen molar-refractivity contribution in [1.82, 2.24) is 20.6 Å². The number of nitrogens with one attached hydrogen (secondary N) is 3. The Morgan fingerprint density at radius 2 is 1.91 bits per heavy atom. The molecule has 35 heavy (non-hydrogen) atoms. The Hall–Kier alpha value is -4.43. The normalized spacial score (nSPS) is 11.2. The van der Waals surface area contributed by atoms with Crippen LogP contribution in [0.5, 0.6) is 0 Å². The van der Waals surface area contributed by atoms with Crippen molar-refractivity contribution in [3.63, 3.8) is 0 Å². The number of ether oxygens (including phenoxy) is 1. The standard InChI is InChI=1S/C26H21ClN4O4/c1-35-26(34)23(14-18-6-2-3-11-28-18)31-25(33)20-9-8-16(13-21(20)27)24(32)30-15-17-5-4-7-22-19(17)10-12-29-22/h2-14,29H,15H2,1H3,(H,30,32)(H,31,33)/b23-14-. The number of rotatable bonds is 7. The number of benzene rings is 2. The third kappa shape index (κ3) is 5.56. The van der Waals surface area contributed by atoms with E-state index in [2.05, 4.69) is 20.6 Å². The highest BCUT2D eigenvalue weighted by Crippen LogP contribution is 2.20. The van der Waals surface area contributed by atoms with Crippen LogP contribution in [0.1, 0.15) is 32.0 Å². The topological polar surface area (TPSA) is 113 Å². The number of carbonyl (C=O) groups is 3. The number of halogens is 1. The van der Waals surface area contributed by atoms with Crippen LogP contribution in [-0.2, 0) is 16.1 Å². The fourth-order valence-electron chi connectivity index (χ4n) is 3.48. The van der Waals surface area contributed by atoms with Gasteiger partial charge in [0.05, 0.1) is 23.4 Å². The fraction of sp³-hybridized carbons (Fsp3) is 0.0769. The van der Waals surface area contributed by atoms with Crippen LogP contribution >= 0.6 is 11.6 Å². The number of aromatic amines is 1. The first-order valence-corrected chi connectivity index (χ1v) is 11.0. The fourth-order valence-corrected chi connectivity index (χ4v) is 3.74. The maximum atomic E-state index is 12.8. The van der Waals surface area contributed by atoms with Gasteiger partial charge in [-0.15, -0.1) is 0 Å². The highest BCUT2D eigenvalue weighted by Gasteiger charge is 2.19. The van der Waals surface area contributed by atoms with Gasteiger partial charge in [0.25, 0.3) is 11.8 Å². The number of methoxy groups -OCH3 is 1. The minimum absolute atomic E-state index is 0.0601. The lowest BCUT2D eigenvalue weighted by atomic mass is 10.1. The van der Waals surface area contributed by atoms with E-state index in [1.54, 1.807) is 24.4 Å². The minimum Gasteiger partial charge on any atom is -0.464 e. The lowest BCUT2D eigenvalue weighted by Crippen LogP contribution is -2.28. The third-order valence-electron chi connectivity index (χ3n) is 5.23. The minimum atomic E-state index is -0.742. The highest BCUT2D eigenvalue weighted by molar-refractivity contribution is 6.34. The van der Waals surface area contributed by atoms with Crippen LogP contribution in [-0.4, -0.2) is 34.9 Å². The molecule has 0 saturated carbocycles. The summed E-state index contributed by atoms with van der Waals surface area (Å²) in [5.41, 5.74) is 2.70. The van der Waals surface area contributed by atoms with E-state index in [1.807, 2.05) is 30.5 Å². The predicted octanol–water partition coefficient (Wildman–Crippen LogP) is 4.09. The van der Waals surface area contributed by atoms with Gasteiger partial charge in [-0.3, -0.25) is 14.6 Å². The summed E-state index contributed by atoms with van der Waals surface area (Å²) < 4.78 is 4.75. The first kappa shape index (κ1) is 23.7. The van der Waals surface area contributed by atoms with Crippen molar-refractivity contribution in [1.29, 1.82) is 0 Å². The van der Waals surface area contributed by atoms with Crippen molar-refractivity contribution in [2.45, 2.75) is 6.54 Å². The number of nitrogens with zero attached hydrogens (tertiary/aromatic N) is 1. The molecule has 4 rings (SSSR count). The molecule has 0 radical (unpaired) electrons. The van der Waals surface area contributed by atoms with Crippen molar-refractivity contribution in [3.05, 3.63) is 106 Å². The molecule has 0 aliphatic rings.